The van der Waals surface area contributed by atoms with Gasteiger partial charge in [-0.2, -0.15) is 0 Å². The van der Waals surface area contributed by atoms with Gasteiger partial charge >= 0.3 is 0 Å². The third-order valence-electron chi connectivity index (χ3n) is 4.00. The fourth-order valence-corrected chi connectivity index (χ4v) is 3.07. The van der Waals surface area contributed by atoms with Crippen LogP contribution in [-0.4, -0.2) is 48.1 Å². The number of fused-ring (bicyclic) bond motifs is 1. The highest BCUT2D eigenvalue weighted by atomic mass is 15.3. The molecular weight excluding hydrogens is 184 g/mol. The lowest BCUT2D eigenvalue weighted by molar-refractivity contribution is 0.0506. The van der Waals surface area contributed by atoms with Gasteiger partial charge in [-0.25, -0.2) is 0 Å². The predicted molar refractivity (Wildman–Crippen MR) is 65.1 cm³/mol. The molecular formula is C13H24N2. The Morgan fingerprint density at radius 1 is 1.40 bits per heavy atom. The van der Waals surface area contributed by atoms with Crippen LogP contribution in [0.2, 0.25) is 0 Å². The van der Waals surface area contributed by atoms with Crippen molar-refractivity contribution in [3.63, 3.8) is 0 Å². The van der Waals surface area contributed by atoms with E-state index < -0.39 is 0 Å². The van der Waals surface area contributed by atoms with Gasteiger partial charge in [0, 0.05) is 31.7 Å². The molecule has 0 radical (unpaired) electrons. The second-order valence-corrected chi connectivity index (χ2v) is 4.93. The topological polar surface area (TPSA) is 6.48 Å². The Kier molecular flexibility index (Phi) is 3.81. The summed E-state index contributed by atoms with van der Waals surface area (Å²) in [5.74, 6) is 0. The minimum Gasteiger partial charge on any atom is -0.298 e. The van der Waals surface area contributed by atoms with Crippen molar-refractivity contribution in [3.8, 4) is 0 Å². The molecule has 15 heavy (non-hydrogen) atoms. The van der Waals surface area contributed by atoms with Crippen LogP contribution in [0.1, 0.15) is 32.6 Å². The molecule has 0 aromatic rings. The van der Waals surface area contributed by atoms with E-state index in [1.165, 1.54) is 45.4 Å². The molecule has 2 rings (SSSR count). The molecule has 0 aliphatic carbocycles. The highest BCUT2D eigenvalue weighted by molar-refractivity contribution is 4.92. The van der Waals surface area contributed by atoms with Gasteiger partial charge in [-0.15, -0.1) is 6.58 Å². The minimum absolute atomic E-state index is 0.791. The van der Waals surface area contributed by atoms with Gasteiger partial charge in [-0.1, -0.05) is 13.0 Å². The average Bonchev–Trinajstić information content (AvgIpc) is 2.71. The summed E-state index contributed by atoms with van der Waals surface area (Å²) in [5, 5.41) is 0. The first kappa shape index (κ1) is 11.2. The molecule has 2 heterocycles. The van der Waals surface area contributed by atoms with Crippen LogP contribution in [0, 0.1) is 0 Å². The molecule has 2 aliphatic heterocycles. The molecule has 2 nitrogen and oxygen atoms in total. The van der Waals surface area contributed by atoms with E-state index in [-0.39, 0.29) is 0 Å². The van der Waals surface area contributed by atoms with Crippen molar-refractivity contribution in [1.82, 2.24) is 9.80 Å². The second kappa shape index (κ2) is 5.13. The van der Waals surface area contributed by atoms with E-state index in [4.69, 9.17) is 0 Å². The van der Waals surface area contributed by atoms with Crippen molar-refractivity contribution in [1.29, 1.82) is 0 Å². The van der Waals surface area contributed by atoms with Gasteiger partial charge in [-0.3, -0.25) is 9.80 Å². The smallest absolute Gasteiger partial charge is 0.0224 e. The summed E-state index contributed by atoms with van der Waals surface area (Å²) in [6.07, 6.45) is 7.31. The summed E-state index contributed by atoms with van der Waals surface area (Å²) in [6.45, 7) is 11.3. The molecule has 0 spiro atoms. The molecule has 2 heteroatoms. The molecule has 2 saturated heterocycles. The monoisotopic (exact) mass is 208 g/mol. The first-order valence-electron chi connectivity index (χ1n) is 6.44. The predicted octanol–water partition coefficient (Wildman–Crippen LogP) is 2.12. The standard InChI is InChI=1S/C13H24N2/c1-3-5-8-14-11-13-7-6-9-15(13)10-12(14)4-2/h3,12-13H,1,4-11H2,2H3. The molecule has 2 fully saturated rings. The number of hydrogen-bond acceptors (Lipinski definition) is 2. The number of rotatable bonds is 4. The van der Waals surface area contributed by atoms with E-state index in [9.17, 15) is 0 Å². The number of piperazine rings is 1. The Labute approximate surface area is 93.9 Å². The SMILES string of the molecule is C=CCCN1CC2CCCN2CC1CC. The van der Waals surface area contributed by atoms with Gasteiger partial charge < -0.3 is 0 Å². The van der Waals surface area contributed by atoms with E-state index in [0.29, 0.717) is 0 Å². The van der Waals surface area contributed by atoms with Gasteiger partial charge in [0.05, 0.1) is 0 Å². The Balaban J connectivity index is 1.93. The first-order chi connectivity index (χ1) is 7.35. The molecule has 0 saturated carbocycles. The average molecular weight is 208 g/mol. The van der Waals surface area contributed by atoms with Crippen LogP contribution >= 0.6 is 0 Å². The summed E-state index contributed by atoms with van der Waals surface area (Å²) in [5.41, 5.74) is 0. The highest BCUT2D eigenvalue weighted by Crippen LogP contribution is 2.25. The van der Waals surface area contributed by atoms with Crippen molar-refractivity contribution < 1.29 is 0 Å². The van der Waals surface area contributed by atoms with Crippen LogP contribution in [0.25, 0.3) is 0 Å². The summed E-state index contributed by atoms with van der Waals surface area (Å²) < 4.78 is 0. The van der Waals surface area contributed by atoms with Crippen molar-refractivity contribution in [3.05, 3.63) is 12.7 Å². The molecule has 0 bridgehead atoms. The van der Waals surface area contributed by atoms with Crippen molar-refractivity contribution in [2.45, 2.75) is 44.7 Å². The minimum atomic E-state index is 0.791. The van der Waals surface area contributed by atoms with Crippen LogP contribution in [0.15, 0.2) is 12.7 Å². The fourth-order valence-electron chi connectivity index (χ4n) is 3.07. The fraction of sp³-hybridized carbons (Fsp3) is 0.846. The van der Waals surface area contributed by atoms with Crippen LogP contribution in [-0.2, 0) is 0 Å². The summed E-state index contributed by atoms with van der Waals surface area (Å²) in [7, 11) is 0. The molecule has 2 atom stereocenters. The van der Waals surface area contributed by atoms with Crippen LogP contribution in [0.4, 0.5) is 0 Å². The van der Waals surface area contributed by atoms with Gasteiger partial charge in [0.25, 0.3) is 0 Å². The third-order valence-corrected chi connectivity index (χ3v) is 4.00. The maximum atomic E-state index is 3.83. The molecule has 2 aliphatic rings. The Hall–Kier alpha value is -0.340. The molecule has 0 N–H and O–H groups in total. The maximum Gasteiger partial charge on any atom is 0.0224 e. The maximum absolute atomic E-state index is 3.83. The normalized spacial score (nSPS) is 32.9. The lowest BCUT2D eigenvalue weighted by Crippen LogP contribution is -2.55. The zero-order chi connectivity index (χ0) is 10.7. The van der Waals surface area contributed by atoms with Crippen LogP contribution < -0.4 is 0 Å². The molecule has 86 valence electrons. The van der Waals surface area contributed by atoms with Gasteiger partial charge in [-0.05, 0) is 32.2 Å². The molecule has 0 amide bonds. The Morgan fingerprint density at radius 3 is 3.00 bits per heavy atom. The second-order valence-electron chi connectivity index (χ2n) is 4.93. The van der Waals surface area contributed by atoms with Gasteiger partial charge in [0.2, 0.25) is 0 Å². The molecule has 2 unspecified atom stereocenters. The van der Waals surface area contributed by atoms with E-state index >= 15 is 0 Å². The largest absolute Gasteiger partial charge is 0.298 e. The summed E-state index contributed by atoms with van der Waals surface area (Å²) in [6, 6.07) is 1.65. The highest BCUT2D eigenvalue weighted by Gasteiger charge is 2.34. The third kappa shape index (κ3) is 2.43. The van der Waals surface area contributed by atoms with Crippen LogP contribution in [0.3, 0.4) is 0 Å². The first-order valence-corrected chi connectivity index (χ1v) is 6.44. The number of hydrogen-bond donors (Lipinski definition) is 0. The zero-order valence-electron chi connectivity index (χ0n) is 9.99. The molecule has 0 aromatic heterocycles. The Bertz CT molecular complexity index is 215. The van der Waals surface area contributed by atoms with Gasteiger partial charge in [0.15, 0.2) is 0 Å². The zero-order valence-corrected chi connectivity index (χ0v) is 9.99. The molecule has 0 aromatic carbocycles. The lowest BCUT2D eigenvalue weighted by Gasteiger charge is -2.43. The van der Waals surface area contributed by atoms with Crippen LogP contribution in [0.5, 0.6) is 0 Å². The van der Waals surface area contributed by atoms with Crippen molar-refractivity contribution >= 4 is 0 Å². The van der Waals surface area contributed by atoms with Crippen molar-refractivity contribution in [2.75, 3.05) is 26.2 Å². The van der Waals surface area contributed by atoms with E-state index in [2.05, 4.69) is 23.3 Å². The van der Waals surface area contributed by atoms with Gasteiger partial charge in [0.1, 0.15) is 0 Å². The Morgan fingerprint density at radius 2 is 2.27 bits per heavy atom. The summed E-state index contributed by atoms with van der Waals surface area (Å²) >= 11 is 0. The van der Waals surface area contributed by atoms with E-state index in [1.54, 1.807) is 0 Å². The quantitative estimate of drug-likeness (QED) is 0.653. The van der Waals surface area contributed by atoms with Crippen molar-refractivity contribution in [2.24, 2.45) is 0 Å². The van der Waals surface area contributed by atoms with E-state index in [0.717, 1.165) is 18.5 Å². The number of nitrogens with zero attached hydrogens (tertiary/aromatic N) is 2. The lowest BCUT2D eigenvalue weighted by atomic mass is 10.0. The van der Waals surface area contributed by atoms with E-state index in [1.807, 2.05) is 6.08 Å². The summed E-state index contributed by atoms with van der Waals surface area (Å²) in [4.78, 5) is 5.40.